The van der Waals surface area contributed by atoms with Crippen LogP contribution < -0.4 is 4.74 Å². The van der Waals surface area contributed by atoms with E-state index in [9.17, 15) is 0 Å². The first-order chi connectivity index (χ1) is 22.6. The van der Waals surface area contributed by atoms with Crippen LogP contribution in [-0.2, 0) is 21.1 Å². The van der Waals surface area contributed by atoms with E-state index in [4.69, 9.17) is 9.72 Å². The second kappa shape index (κ2) is 11.4. The van der Waals surface area contributed by atoms with Gasteiger partial charge < -0.3 is 13.9 Å². The minimum Gasteiger partial charge on any atom is -0.509 e. The third-order valence-electron chi connectivity index (χ3n) is 8.56. The van der Waals surface area contributed by atoms with Crippen LogP contribution in [0.3, 0.4) is 0 Å². The number of ether oxygens (including phenoxy) is 1. The van der Waals surface area contributed by atoms with E-state index in [1.54, 1.807) is 0 Å². The molecule has 0 N–H and O–H groups in total. The van der Waals surface area contributed by atoms with E-state index in [0.29, 0.717) is 11.5 Å². The van der Waals surface area contributed by atoms with Crippen LogP contribution >= 0.6 is 0 Å². The minimum atomic E-state index is 0. The van der Waals surface area contributed by atoms with Crippen molar-refractivity contribution in [2.24, 2.45) is 0 Å². The van der Waals surface area contributed by atoms with Crippen molar-refractivity contribution in [3.63, 3.8) is 0 Å². The molecule has 6 nitrogen and oxygen atoms in total. The second-order valence-electron chi connectivity index (χ2n) is 11.5. The number of pyridine rings is 1. The number of nitrogens with zero attached hydrogens (tertiary/aromatic N) is 5. The van der Waals surface area contributed by atoms with Gasteiger partial charge in [-0.05, 0) is 55.3 Å². The van der Waals surface area contributed by atoms with Crippen LogP contribution in [0.4, 0.5) is 0 Å². The van der Waals surface area contributed by atoms with Gasteiger partial charge in [-0.3, -0.25) is 4.68 Å². The molecule has 0 aliphatic rings. The molecule has 0 aliphatic heterocycles. The molecule has 7 heteroatoms. The molecule has 0 fully saturated rings. The normalized spacial score (nSPS) is 11.4. The second-order valence-corrected chi connectivity index (χ2v) is 11.5. The Morgan fingerprint density at radius 3 is 1.91 bits per heavy atom. The summed E-state index contributed by atoms with van der Waals surface area (Å²) in [6, 6.07) is 48.6. The van der Waals surface area contributed by atoms with Crippen molar-refractivity contribution < 1.29 is 25.8 Å². The van der Waals surface area contributed by atoms with Gasteiger partial charge in [0.1, 0.15) is 5.82 Å². The molecule has 0 saturated carbocycles. The van der Waals surface area contributed by atoms with Crippen molar-refractivity contribution in [2.45, 2.75) is 13.8 Å². The van der Waals surface area contributed by atoms with Gasteiger partial charge in [-0.1, -0.05) is 60.1 Å². The van der Waals surface area contributed by atoms with Gasteiger partial charge in [-0.15, -0.1) is 35.7 Å². The van der Waals surface area contributed by atoms with Crippen LogP contribution in [0.1, 0.15) is 11.4 Å². The van der Waals surface area contributed by atoms with Crippen molar-refractivity contribution in [2.75, 3.05) is 0 Å². The van der Waals surface area contributed by atoms with Crippen molar-refractivity contribution >= 4 is 43.6 Å². The van der Waals surface area contributed by atoms with Gasteiger partial charge in [0.05, 0.1) is 22.4 Å². The van der Waals surface area contributed by atoms with E-state index in [2.05, 4.69) is 117 Å². The summed E-state index contributed by atoms with van der Waals surface area (Å²) >= 11 is 0. The molecular weight excluding hydrogens is 762 g/mol. The Bertz CT molecular complexity index is 2560. The average Bonchev–Trinajstić information content (AvgIpc) is 3.73. The van der Waals surface area contributed by atoms with Crippen molar-refractivity contribution in [1.29, 1.82) is 0 Å². The van der Waals surface area contributed by atoms with Crippen molar-refractivity contribution in [1.82, 2.24) is 23.9 Å². The SMILES string of the molecule is Cc1cc(C)n(-c2[c-]c(Oc3[c-]c4c(cc3)c3ccccc3n4-c3cc(-n4c5ccccc5c5ccccc54)ccn3)ccc2)n1.[Pt+2]. The smallest absolute Gasteiger partial charge is 0.509 e. The molecular formula is C40H27N5OPt. The molecule has 4 aromatic heterocycles. The van der Waals surface area contributed by atoms with Gasteiger partial charge >= 0.3 is 21.1 Å². The Hall–Kier alpha value is -5.45. The third-order valence-corrected chi connectivity index (χ3v) is 8.56. The summed E-state index contributed by atoms with van der Waals surface area (Å²) in [5, 5.41) is 9.26. The van der Waals surface area contributed by atoms with Gasteiger partial charge in [-0.25, -0.2) is 4.98 Å². The summed E-state index contributed by atoms with van der Waals surface area (Å²) < 4.78 is 12.7. The molecule has 0 aliphatic carbocycles. The molecule has 228 valence electrons. The van der Waals surface area contributed by atoms with Crippen LogP contribution in [0.15, 0.2) is 128 Å². The number of hydrogen-bond acceptors (Lipinski definition) is 3. The molecule has 5 aromatic carbocycles. The van der Waals surface area contributed by atoms with Gasteiger partial charge in [0.2, 0.25) is 0 Å². The van der Waals surface area contributed by atoms with Crippen LogP contribution in [0.2, 0.25) is 0 Å². The summed E-state index contributed by atoms with van der Waals surface area (Å²) in [6.07, 6.45) is 1.88. The molecule has 47 heavy (non-hydrogen) atoms. The predicted octanol–water partition coefficient (Wildman–Crippen LogP) is 9.47. The maximum absolute atomic E-state index is 6.37. The van der Waals surface area contributed by atoms with Gasteiger partial charge in [0.25, 0.3) is 0 Å². The standard InChI is InChI=1S/C40H27N5O.Pt/c1-26-22-27(2)45(42-26)29-10-9-11-30(23-29)46-31-18-19-35-34-14-5-8-17-38(34)44(39(35)25-31)40-24-28(20-21-41-40)43-36-15-6-3-12-32(36)33-13-4-7-16-37(33)43;/h3-22,24H,1-2H3;/q-2;+2. The van der Waals surface area contributed by atoms with Crippen molar-refractivity contribution in [3.05, 3.63) is 151 Å². The van der Waals surface area contributed by atoms with Crippen LogP contribution in [0, 0.1) is 26.0 Å². The molecule has 0 amide bonds. The zero-order valence-electron chi connectivity index (χ0n) is 25.6. The molecule has 0 bridgehead atoms. The molecule has 0 saturated heterocycles. The summed E-state index contributed by atoms with van der Waals surface area (Å²) in [5.41, 5.74) is 8.11. The fourth-order valence-corrected chi connectivity index (χ4v) is 6.65. The van der Waals surface area contributed by atoms with E-state index in [-0.39, 0.29) is 21.1 Å². The van der Waals surface area contributed by atoms with Gasteiger partial charge in [0.15, 0.2) is 0 Å². The Labute approximate surface area is 285 Å². The molecule has 4 heterocycles. The number of aryl methyl sites for hydroxylation is 2. The Balaban J connectivity index is 0.00000324. The Morgan fingerprint density at radius 1 is 0.596 bits per heavy atom. The van der Waals surface area contributed by atoms with E-state index < -0.39 is 0 Å². The quantitative estimate of drug-likeness (QED) is 0.164. The third kappa shape index (κ3) is 4.76. The number of benzene rings is 5. The summed E-state index contributed by atoms with van der Waals surface area (Å²) in [5.74, 6) is 1.99. The Kier molecular flexibility index (Phi) is 7.04. The monoisotopic (exact) mass is 788 g/mol. The fourth-order valence-electron chi connectivity index (χ4n) is 6.65. The maximum Gasteiger partial charge on any atom is 2.00 e. The molecule has 9 aromatic rings. The zero-order chi connectivity index (χ0) is 30.8. The summed E-state index contributed by atoms with van der Waals surface area (Å²) in [4.78, 5) is 4.89. The summed E-state index contributed by atoms with van der Waals surface area (Å²) in [6.45, 7) is 4.02. The van der Waals surface area contributed by atoms with E-state index in [1.807, 2.05) is 55.1 Å². The first-order valence-electron chi connectivity index (χ1n) is 15.3. The first kappa shape index (κ1) is 29.0. The van der Waals surface area contributed by atoms with Crippen LogP contribution in [0.25, 0.3) is 60.8 Å². The molecule has 0 spiro atoms. The number of hydrogen-bond donors (Lipinski definition) is 0. The average molecular weight is 789 g/mol. The first-order valence-corrected chi connectivity index (χ1v) is 15.3. The number of aromatic nitrogens is 5. The largest absolute Gasteiger partial charge is 2.00 e. The predicted molar refractivity (Wildman–Crippen MR) is 184 cm³/mol. The maximum atomic E-state index is 6.37. The fraction of sp³-hybridized carbons (Fsp3) is 0.0500. The van der Waals surface area contributed by atoms with E-state index in [0.717, 1.165) is 61.4 Å². The van der Waals surface area contributed by atoms with Crippen LogP contribution in [-0.4, -0.2) is 23.9 Å². The zero-order valence-corrected chi connectivity index (χ0v) is 27.9. The van der Waals surface area contributed by atoms with Crippen LogP contribution in [0.5, 0.6) is 11.5 Å². The van der Waals surface area contributed by atoms with E-state index in [1.165, 1.54) is 10.8 Å². The van der Waals surface area contributed by atoms with Gasteiger partial charge in [-0.2, -0.15) is 17.2 Å². The van der Waals surface area contributed by atoms with E-state index >= 15 is 0 Å². The molecule has 0 unspecified atom stereocenters. The summed E-state index contributed by atoms with van der Waals surface area (Å²) in [7, 11) is 0. The molecule has 0 atom stereocenters. The minimum absolute atomic E-state index is 0. The number of fused-ring (bicyclic) bond motifs is 6. The van der Waals surface area contributed by atoms with Crippen molar-refractivity contribution in [3.8, 4) is 28.7 Å². The van der Waals surface area contributed by atoms with Gasteiger partial charge in [0, 0.05) is 45.7 Å². The topological polar surface area (TPSA) is 49.8 Å². The molecule has 9 rings (SSSR count). The molecule has 0 radical (unpaired) electrons. The Morgan fingerprint density at radius 2 is 1.23 bits per heavy atom. The number of rotatable bonds is 5. The number of para-hydroxylation sites is 3.